The highest BCUT2D eigenvalue weighted by molar-refractivity contribution is 7.20. The third-order valence-corrected chi connectivity index (χ3v) is 8.79. The second kappa shape index (κ2) is 11.3. The van der Waals surface area contributed by atoms with Crippen molar-refractivity contribution in [2.45, 2.75) is 39.0 Å². The number of thiophene rings is 1. The monoisotopic (exact) mass is 586 g/mol. The van der Waals surface area contributed by atoms with E-state index in [1.165, 1.54) is 24.5 Å². The molecule has 4 heterocycles. The lowest BCUT2D eigenvalue weighted by Gasteiger charge is -2.15. The first kappa shape index (κ1) is 27.7. The number of hydrogen-bond donors (Lipinski definition) is 1. The maximum Gasteiger partial charge on any atom is 0.387 e. The summed E-state index contributed by atoms with van der Waals surface area (Å²) in [5, 5.41) is 12.9. The standard InChI is InChI=1S/C26H28F2N6O4SSi/c1-36-25(35)22-11-16-10-20(38-26(27)28)17(12-21(16)39-22)23-19(14-33(32-23)15-37-8-9-40(2,3)4)31-18-13-30-34-7-5-6-29-24(18)34/h5-7,10-14,26,31H,8-9,15H2,1-4H3. The number of aromatic nitrogens is 5. The van der Waals surface area contributed by atoms with Crippen LogP contribution in [0.2, 0.25) is 25.7 Å². The summed E-state index contributed by atoms with van der Waals surface area (Å²) in [5.41, 5.74) is 2.36. The van der Waals surface area contributed by atoms with E-state index in [9.17, 15) is 13.6 Å². The van der Waals surface area contributed by atoms with Crippen molar-refractivity contribution in [3.05, 3.63) is 53.9 Å². The average Bonchev–Trinajstić information content (AvgIpc) is 3.62. The third-order valence-electron chi connectivity index (χ3n) is 6.01. The molecule has 5 rings (SSSR count). The normalized spacial score (nSPS) is 12.0. The van der Waals surface area contributed by atoms with E-state index in [1.807, 2.05) is 0 Å². The molecule has 0 aliphatic rings. The van der Waals surface area contributed by atoms with Gasteiger partial charge in [-0.3, -0.25) is 0 Å². The highest BCUT2D eigenvalue weighted by atomic mass is 32.1. The molecule has 10 nitrogen and oxygen atoms in total. The fourth-order valence-electron chi connectivity index (χ4n) is 4.02. The van der Waals surface area contributed by atoms with Crippen molar-refractivity contribution in [2.24, 2.45) is 0 Å². The summed E-state index contributed by atoms with van der Waals surface area (Å²) in [4.78, 5) is 16.8. The molecule has 0 saturated heterocycles. The molecule has 210 valence electrons. The minimum Gasteiger partial charge on any atom is -0.465 e. The number of halogens is 2. The van der Waals surface area contributed by atoms with E-state index < -0.39 is 20.7 Å². The summed E-state index contributed by atoms with van der Waals surface area (Å²) in [5.74, 6) is -0.593. The van der Waals surface area contributed by atoms with Crippen LogP contribution in [0.1, 0.15) is 9.67 Å². The number of nitrogens with zero attached hydrogens (tertiary/aromatic N) is 5. The lowest BCUT2D eigenvalue weighted by molar-refractivity contribution is -0.0493. The zero-order chi connectivity index (χ0) is 28.4. The molecule has 0 fully saturated rings. The van der Waals surface area contributed by atoms with Crippen LogP contribution in [0.5, 0.6) is 5.75 Å². The molecule has 4 aromatic heterocycles. The summed E-state index contributed by atoms with van der Waals surface area (Å²) in [6.45, 7) is 4.50. The minimum absolute atomic E-state index is 0.0809. The van der Waals surface area contributed by atoms with Crippen molar-refractivity contribution in [3.63, 3.8) is 0 Å². The second-order valence-corrected chi connectivity index (χ2v) is 16.9. The minimum atomic E-state index is -3.07. The Bertz CT molecular complexity index is 1660. The Morgan fingerprint density at radius 3 is 2.77 bits per heavy atom. The predicted octanol–water partition coefficient (Wildman–Crippen LogP) is 6.25. The van der Waals surface area contributed by atoms with E-state index >= 15 is 0 Å². The van der Waals surface area contributed by atoms with Crippen LogP contribution in [0, 0.1) is 0 Å². The molecule has 0 aliphatic heterocycles. The van der Waals surface area contributed by atoms with Gasteiger partial charge in [-0.2, -0.15) is 19.0 Å². The van der Waals surface area contributed by atoms with Crippen molar-refractivity contribution >= 4 is 52.5 Å². The van der Waals surface area contributed by atoms with Gasteiger partial charge in [-0.15, -0.1) is 11.3 Å². The van der Waals surface area contributed by atoms with Crippen LogP contribution >= 0.6 is 11.3 Å². The van der Waals surface area contributed by atoms with Gasteiger partial charge in [0.1, 0.15) is 28.7 Å². The largest absolute Gasteiger partial charge is 0.465 e. The number of anilines is 2. The van der Waals surface area contributed by atoms with Crippen molar-refractivity contribution in [3.8, 4) is 17.0 Å². The van der Waals surface area contributed by atoms with E-state index in [-0.39, 0.29) is 12.5 Å². The van der Waals surface area contributed by atoms with E-state index in [0.717, 1.165) is 6.04 Å². The van der Waals surface area contributed by atoms with Gasteiger partial charge in [0.2, 0.25) is 0 Å². The Hall–Kier alpha value is -3.88. The SMILES string of the molecule is COC(=O)c1cc2cc(OC(F)F)c(-c3nn(COCC[Si](C)(C)C)cc3Nc3cnn4cccnc34)cc2s1. The van der Waals surface area contributed by atoms with E-state index in [2.05, 4.69) is 40.1 Å². The summed E-state index contributed by atoms with van der Waals surface area (Å²) in [6.07, 6.45) is 6.77. The first-order valence-corrected chi connectivity index (χ1v) is 17.0. The van der Waals surface area contributed by atoms with E-state index in [0.29, 0.717) is 49.8 Å². The van der Waals surface area contributed by atoms with Crippen LogP contribution in [0.3, 0.4) is 0 Å². The van der Waals surface area contributed by atoms with Crippen LogP contribution in [0.25, 0.3) is 27.0 Å². The van der Waals surface area contributed by atoms with Crippen LogP contribution < -0.4 is 10.1 Å². The number of rotatable bonds is 11. The summed E-state index contributed by atoms with van der Waals surface area (Å²) in [6, 6.07) is 7.50. The Labute approximate surface area is 233 Å². The first-order chi connectivity index (χ1) is 19.1. The molecular weight excluding hydrogens is 558 g/mol. The van der Waals surface area contributed by atoms with Crippen LogP contribution in [-0.2, 0) is 16.2 Å². The molecule has 0 amide bonds. The number of esters is 1. The van der Waals surface area contributed by atoms with Crippen LogP contribution in [0.15, 0.2) is 49.1 Å². The number of carbonyl (C=O) groups excluding carboxylic acids is 1. The van der Waals surface area contributed by atoms with E-state index in [4.69, 9.17) is 14.2 Å². The fourth-order valence-corrected chi connectivity index (χ4v) is 5.78. The maximum absolute atomic E-state index is 13.5. The Morgan fingerprint density at radius 2 is 2.02 bits per heavy atom. The molecule has 0 bridgehead atoms. The topological polar surface area (TPSA) is 105 Å². The average molecular weight is 587 g/mol. The number of alkyl halides is 2. The highest BCUT2D eigenvalue weighted by Gasteiger charge is 2.22. The van der Waals surface area contributed by atoms with Crippen LogP contribution in [0.4, 0.5) is 20.2 Å². The molecule has 14 heteroatoms. The lowest BCUT2D eigenvalue weighted by atomic mass is 10.1. The van der Waals surface area contributed by atoms with Gasteiger partial charge in [0, 0.05) is 37.3 Å². The number of carbonyl (C=O) groups is 1. The molecule has 5 aromatic rings. The third kappa shape index (κ3) is 6.13. The Kier molecular flexibility index (Phi) is 7.83. The van der Waals surface area contributed by atoms with Gasteiger partial charge in [-0.1, -0.05) is 19.6 Å². The fraction of sp³-hybridized carbons (Fsp3) is 0.308. The zero-order valence-corrected chi connectivity index (χ0v) is 24.2. The number of methoxy groups -OCH3 is 1. The molecule has 0 atom stereocenters. The van der Waals surface area contributed by atoms with Crippen molar-refractivity contribution in [1.82, 2.24) is 24.4 Å². The zero-order valence-electron chi connectivity index (χ0n) is 22.4. The van der Waals surface area contributed by atoms with Gasteiger partial charge < -0.3 is 19.5 Å². The smallest absolute Gasteiger partial charge is 0.387 e. The quantitative estimate of drug-likeness (QED) is 0.110. The lowest BCUT2D eigenvalue weighted by Crippen LogP contribution is -2.22. The number of hydrogen-bond acceptors (Lipinski definition) is 9. The summed E-state index contributed by atoms with van der Waals surface area (Å²) < 4.78 is 46.6. The molecular formula is C26H28F2N6O4SSi. The number of nitrogens with one attached hydrogen (secondary N) is 1. The highest BCUT2D eigenvalue weighted by Crippen LogP contribution is 2.41. The summed E-state index contributed by atoms with van der Waals surface area (Å²) >= 11 is 1.19. The maximum atomic E-state index is 13.5. The molecule has 0 spiro atoms. The molecule has 0 saturated carbocycles. The van der Waals surface area contributed by atoms with Gasteiger partial charge in [-0.05, 0) is 35.7 Å². The molecule has 1 aromatic carbocycles. The van der Waals surface area contributed by atoms with Gasteiger partial charge in [0.05, 0.1) is 25.2 Å². The molecule has 40 heavy (non-hydrogen) atoms. The molecule has 0 radical (unpaired) electrons. The molecule has 0 aliphatic carbocycles. The molecule has 1 N–H and O–H groups in total. The number of benzene rings is 1. The number of ether oxygens (including phenoxy) is 3. The van der Waals surface area contributed by atoms with Gasteiger partial charge in [0.25, 0.3) is 0 Å². The molecule has 0 unspecified atom stereocenters. The van der Waals surface area contributed by atoms with E-state index in [1.54, 1.807) is 52.2 Å². The van der Waals surface area contributed by atoms with Gasteiger partial charge in [-0.25, -0.2) is 19.0 Å². The van der Waals surface area contributed by atoms with Crippen molar-refractivity contribution in [1.29, 1.82) is 0 Å². The second-order valence-electron chi connectivity index (χ2n) is 10.2. The van der Waals surface area contributed by atoms with Gasteiger partial charge >= 0.3 is 12.6 Å². The van der Waals surface area contributed by atoms with Crippen molar-refractivity contribution < 1.29 is 27.8 Å². The van der Waals surface area contributed by atoms with Gasteiger partial charge in [0.15, 0.2) is 5.65 Å². The number of fused-ring (bicyclic) bond motifs is 2. The first-order valence-electron chi connectivity index (χ1n) is 12.4. The Balaban J connectivity index is 1.58. The predicted molar refractivity (Wildman–Crippen MR) is 151 cm³/mol. The van der Waals surface area contributed by atoms with Crippen LogP contribution in [-0.4, -0.2) is 58.7 Å². The van der Waals surface area contributed by atoms with Crippen molar-refractivity contribution in [2.75, 3.05) is 19.0 Å². The summed E-state index contributed by atoms with van der Waals surface area (Å²) in [7, 11) is 0.00287. The Morgan fingerprint density at radius 1 is 1.20 bits per heavy atom.